The summed E-state index contributed by atoms with van der Waals surface area (Å²) in [5.74, 6) is 0.256. The summed E-state index contributed by atoms with van der Waals surface area (Å²) in [5.41, 5.74) is -0.159. The lowest BCUT2D eigenvalue weighted by Gasteiger charge is -2.37. The Bertz CT molecular complexity index is 741. The van der Waals surface area contributed by atoms with E-state index in [1.807, 2.05) is 23.6 Å². The summed E-state index contributed by atoms with van der Waals surface area (Å²) in [5, 5.41) is 4.40. The topological polar surface area (TPSA) is 61.7 Å². The molecular formula is C17H24F3N5O2. The van der Waals surface area contributed by atoms with E-state index in [9.17, 15) is 22.8 Å². The van der Waals surface area contributed by atoms with Gasteiger partial charge in [0.25, 0.3) is 5.56 Å². The largest absolute Gasteiger partial charge is 0.406 e. The van der Waals surface area contributed by atoms with Crippen LogP contribution in [0.2, 0.25) is 0 Å². The third-order valence-electron chi connectivity index (χ3n) is 5.02. The molecule has 3 heterocycles. The maximum atomic E-state index is 12.6. The lowest BCUT2D eigenvalue weighted by molar-refractivity contribution is -0.159. The van der Waals surface area contributed by atoms with E-state index in [-0.39, 0.29) is 18.1 Å². The minimum absolute atomic E-state index is 0.0468. The Morgan fingerprint density at radius 1 is 1.11 bits per heavy atom. The smallest absolute Gasteiger partial charge is 0.353 e. The third kappa shape index (κ3) is 4.42. The molecular weight excluding hydrogens is 363 g/mol. The van der Waals surface area contributed by atoms with Crippen LogP contribution >= 0.6 is 0 Å². The monoisotopic (exact) mass is 387 g/mol. The van der Waals surface area contributed by atoms with Crippen LogP contribution < -0.4 is 10.5 Å². The Balaban J connectivity index is 1.60. The van der Waals surface area contributed by atoms with Crippen LogP contribution in [0.25, 0.3) is 0 Å². The number of likely N-dealkylation sites (tertiary alicyclic amines) is 1. The molecule has 1 unspecified atom stereocenters. The zero-order chi connectivity index (χ0) is 19.8. The zero-order valence-electron chi connectivity index (χ0n) is 15.4. The summed E-state index contributed by atoms with van der Waals surface area (Å²) >= 11 is 0. The first kappa shape index (κ1) is 19.7. The summed E-state index contributed by atoms with van der Waals surface area (Å²) in [6.45, 7) is 5.08. The Morgan fingerprint density at radius 3 is 2.37 bits per heavy atom. The van der Waals surface area contributed by atoms with Gasteiger partial charge in [0.1, 0.15) is 12.4 Å². The molecule has 1 amide bonds. The molecule has 0 saturated carbocycles. The van der Waals surface area contributed by atoms with Crippen molar-refractivity contribution in [1.29, 1.82) is 0 Å². The van der Waals surface area contributed by atoms with E-state index in [0.717, 1.165) is 4.90 Å². The Labute approximate surface area is 155 Å². The quantitative estimate of drug-likeness (QED) is 0.775. The number of hydrogen-bond acceptors (Lipinski definition) is 5. The van der Waals surface area contributed by atoms with Crippen LogP contribution in [0.1, 0.15) is 26.3 Å². The van der Waals surface area contributed by atoms with Crippen LogP contribution in [-0.2, 0) is 4.79 Å². The summed E-state index contributed by atoms with van der Waals surface area (Å²) in [6.07, 6.45) is -3.94. The van der Waals surface area contributed by atoms with Crippen LogP contribution in [0.15, 0.2) is 16.9 Å². The zero-order valence-corrected chi connectivity index (χ0v) is 15.4. The van der Waals surface area contributed by atoms with Gasteiger partial charge in [-0.15, -0.1) is 0 Å². The van der Waals surface area contributed by atoms with E-state index in [2.05, 4.69) is 5.10 Å². The maximum Gasteiger partial charge on any atom is 0.406 e. The molecule has 10 heteroatoms. The summed E-state index contributed by atoms with van der Waals surface area (Å²) in [6, 6.07) is 2.65. The van der Waals surface area contributed by atoms with Gasteiger partial charge in [0.15, 0.2) is 0 Å². The van der Waals surface area contributed by atoms with Gasteiger partial charge in [0.2, 0.25) is 5.91 Å². The molecule has 2 aliphatic rings. The molecule has 7 nitrogen and oxygen atoms in total. The highest BCUT2D eigenvalue weighted by Crippen LogP contribution is 2.24. The standard InChI is InChI=1S/C17H24F3N5O2/c1-12(2)25-15(26)4-3-14(21-25)23-9-7-22(8-10-23)13-5-6-24(16(13)27)11-17(18,19)20/h3-4,12-13H,5-11H2,1-2H3. The number of aromatic nitrogens is 2. The van der Waals surface area contributed by atoms with Gasteiger partial charge in [-0.1, -0.05) is 0 Å². The number of carbonyl (C=O) groups is 1. The molecule has 27 heavy (non-hydrogen) atoms. The molecule has 1 aromatic rings. The van der Waals surface area contributed by atoms with Crippen molar-refractivity contribution >= 4 is 11.7 Å². The lowest BCUT2D eigenvalue weighted by Crippen LogP contribution is -2.53. The second-order valence-corrected chi connectivity index (χ2v) is 7.27. The molecule has 1 aromatic heterocycles. The van der Waals surface area contributed by atoms with E-state index < -0.39 is 24.7 Å². The van der Waals surface area contributed by atoms with Crippen LogP contribution in [0.5, 0.6) is 0 Å². The number of hydrogen-bond donors (Lipinski definition) is 0. The highest BCUT2D eigenvalue weighted by molar-refractivity contribution is 5.84. The van der Waals surface area contributed by atoms with Crippen molar-refractivity contribution in [2.45, 2.75) is 38.5 Å². The number of carbonyl (C=O) groups excluding carboxylic acids is 1. The highest BCUT2D eigenvalue weighted by Gasteiger charge is 2.42. The number of halogens is 3. The number of amides is 1. The van der Waals surface area contributed by atoms with Gasteiger partial charge in [-0.3, -0.25) is 14.5 Å². The van der Waals surface area contributed by atoms with Crippen LogP contribution in [0.3, 0.4) is 0 Å². The fourth-order valence-electron chi connectivity index (χ4n) is 3.65. The Morgan fingerprint density at radius 2 is 1.78 bits per heavy atom. The molecule has 0 aliphatic carbocycles. The normalized spacial score (nSPS) is 22.1. The second kappa shape index (κ2) is 7.49. The number of alkyl halides is 3. The molecule has 2 aliphatic heterocycles. The van der Waals surface area contributed by atoms with Crippen molar-refractivity contribution in [3.8, 4) is 0 Å². The van der Waals surface area contributed by atoms with Crippen LogP contribution in [0, 0.1) is 0 Å². The van der Waals surface area contributed by atoms with Crippen LogP contribution in [-0.4, -0.2) is 77.0 Å². The molecule has 0 radical (unpaired) electrons. The van der Waals surface area contributed by atoms with Crippen molar-refractivity contribution < 1.29 is 18.0 Å². The number of piperazine rings is 1. The van der Waals surface area contributed by atoms with E-state index in [0.29, 0.717) is 38.4 Å². The molecule has 2 fully saturated rings. The van der Waals surface area contributed by atoms with E-state index >= 15 is 0 Å². The van der Waals surface area contributed by atoms with Crippen molar-refractivity contribution in [2.24, 2.45) is 0 Å². The van der Waals surface area contributed by atoms with Crippen molar-refractivity contribution in [1.82, 2.24) is 19.6 Å². The number of rotatable bonds is 4. The lowest BCUT2D eigenvalue weighted by atomic mass is 10.2. The fraction of sp³-hybridized carbons (Fsp3) is 0.706. The highest BCUT2D eigenvalue weighted by atomic mass is 19.4. The Hall–Kier alpha value is -2.10. The van der Waals surface area contributed by atoms with Gasteiger partial charge in [-0.2, -0.15) is 18.3 Å². The first-order valence-electron chi connectivity index (χ1n) is 9.10. The van der Waals surface area contributed by atoms with Gasteiger partial charge in [-0.05, 0) is 26.3 Å². The van der Waals surface area contributed by atoms with E-state index in [4.69, 9.17) is 0 Å². The van der Waals surface area contributed by atoms with Crippen molar-refractivity contribution in [2.75, 3.05) is 44.2 Å². The molecule has 0 spiro atoms. The summed E-state index contributed by atoms with van der Waals surface area (Å²) in [4.78, 5) is 29.0. The summed E-state index contributed by atoms with van der Waals surface area (Å²) in [7, 11) is 0. The first-order chi connectivity index (χ1) is 12.7. The fourth-order valence-corrected chi connectivity index (χ4v) is 3.65. The van der Waals surface area contributed by atoms with Gasteiger partial charge in [0, 0.05) is 38.8 Å². The molecule has 0 bridgehead atoms. The molecule has 2 saturated heterocycles. The van der Waals surface area contributed by atoms with Crippen LogP contribution in [0.4, 0.5) is 19.0 Å². The number of anilines is 1. The predicted molar refractivity (Wildman–Crippen MR) is 93.7 cm³/mol. The average Bonchev–Trinajstić information content (AvgIpc) is 2.94. The molecule has 0 N–H and O–H groups in total. The van der Waals surface area contributed by atoms with Crippen molar-refractivity contribution in [3.63, 3.8) is 0 Å². The Kier molecular flexibility index (Phi) is 5.45. The van der Waals surface area contributed by atoms with E-state index in [1.165, 1.54) is 10.7 Å². The van der Waals surface area contributed by atoms with Gasteiger partial charge >= 0.3 is 6.18 Å². The van der Waals surface area contributed by atoms with Gasteiger partial charge in [0.05, 0.1) is 12.1 Å². The minimum Gasteiger partial charge on any atom is -0.353 e. The predicted octanol–water partition coefficient (Wildman–Crippen LogP) is 1.11. The third-order valence-corrected chi connectivity index (χ3v) is 5.02. The molecule has 1 atom stereocenters. The SMILES string of the molecule is CC(C)n1nc(N2CCN(C3CCN(CC(F)(F)F)C3=O)CC2)ccc1=O. The second-order valence-electron chi connectivity index (χ2n) is 7.27. The average molecular weight is 387 g/mol. The minimum atomic E-state index is -4.37. The first-order valence-corrected chi connectivity index (χ1v) is 9.10. The molecule has 3 rings (SSSR count). The molecule has 0 aromatic carbocycles. The van der Waals surface area contributed by atoms with E-state index in [1.54, 1.807) is 6.07 Å². The van der Waals surface area contributed by atoms with Gasteiger partial charge < -0.3 is 9.80 Å². The van der Waals surface area contributed by atoms with Crippen molar-refractivity contribution in [3.05, 3.63) is 22.5 Å². The summed E-state index contributed by atoms with van der Waals surface area (Å²) < 4.78 is 39.1. The maximum absolute atomic E-state index is 12.6. The number of nitrogens with zero attached hydrogens (tertiary/aromatic N) is 5. The van der Waals surface area contributed by atoms with Gasteiger partial charge in [-0.25, -0.2) is 4.68 Å². The molecule has 150 valence electrons.